The Morgan fingerprint density at radius 3 is 1.58 bits per heavy atom. The normalized spacial score (nSPS) is 9.96. The summed E-state index contributed by atoms with van der Waals surface area (Å²) in [5.74, 6) is 2.14. The number of benzene rings is 3. The average molecular weight is 317 g/mol. The summed E-state index contributed by atoms with van der Waals surface area (Å²) in [7, 11) is 0. The van der Waals surface area contributed by atoms with Crippen molar-refractivity contribution >= 4 is 11.4 Å². The maximum absolute atomic E-state index is 9.21. The molecule has 0 saturated heterocycles. The number of nitrogens with two attached hydrogens (primary N) is 2. The van der Waals surface area contributed by atoms with Crippen LogP contribution in [0.2, 0.25) is 0 Å². The van der Waals surface area contributed by atoms with Gasteiger partial charge in [-0.05, 0) is 36.4 Å². The summed E-state index contributed by atoms with van der Waals surface area (Å²) in [6.45, 7) is 0. The van der Waals surface area contributed by atoms with E-state index in [2.05, 4.69) is 6.07 Å². The van der Waals surface area contributed by atoms with Crippen molar-refractivity contribution in [3.05, 3.63) is 72.3 Å². The van der Waals surface area contributed by atoms with Gasteiger partial charge in [-0.25, -0.2) is 0 Å². The van der Waals surface area contributed by atoms with Crippen LogP contribution in [0.4, 0.5) is 11.4 Å². The fourth-order valence-corrected chi connectivity index (χ4v) is 2.18. The van der Waals surface area contributed by atoms with E-state index in [1.807, 2.05) is 0 Å². The Balaban J connectivity index is 1.89. The third kappa shape index (κ3) is 3.76. The second kappa shape index (κ2) is 6.63. The lowest BCUT2D eigenvalue weighted by Crippen LogP contribution is -1.91. The van der Waals surface area contributed by atoms with E-state index in [0.29, 0.717) is 39.9 Å². The number of nitrogen functional groups attached to an aromatic ring is 2. The topological polar surface area (TPSA) is 94.3 Å². The highest BCUT2D eigenvalue weighted by molar-refractivity contribution is 5.50. The molecule has 0 atom stereocenters. The second-order valence-electron chi connectivity index (χ2n) is 5.15. The smallest absolute Gasteiger partial charge is 0.132 e. The van der Waals surface area contributed by atoms with E-state index < -0.39 is 0 Å². The van der Waals surface area contributed by atoms with Crippen molar-refractivity contribution in [2.45, 2.75) is 0 Å². The summed E-state index contributed by atoms with van der Waals surface area (Å²) in [6, 6.07) is 21.2. The van der Waals surface area contributed by atoms with Gasteiger partial charge >= 0.3 is 0 Å². The number of hydrogen-bond donors (Lipinski definition) is 2. The van der Waals surface area contributed by atoms with Gasteiger partial charge in [0.05, 0.1) is 11.6 Å². The van der Waals surface area contributed by atoms with Gasteiger partial charge in [0.1, 0.15) is 23.0 Å². The molecule has 0 spiro atoms. The zero-order chi connectivity index (χ0) is 16.9. The van der Waals surface area contributed by atoms with Crippen molar-refractivity contribution in [1.29, 1.82) is 5.26 Å². The molecule has 24 heavy (non-hydrogen) atoms. The molecule has 118 valence electrons. The Morgan fingerprint density at radius 2 is 1.17 bits per heavy atom. The minimum absolute atomic E-state index is 0.426. The van der Waals surface area contributed by atoms with Gasteiger partial charge in [-0.2, -0.15) is 5.26 Å². The minimum atomic E-state index is 0.426. The lowest BCUT2D eigenvalue weighted by Gasteiger charge is -2.10. The monoisotopic (exact) mass is 317 g/mol. The molecule has 0 amide bonds. The highest BCUT2D eigenvalue weighted by atomic mass is 16.5. The predicted octanol–water partition coefficient (Wildman–Crippen LogP) is 4.31. The third-order valence-electron chi connectivity index (χ3n) is 3.20. The van der Waals surface area contributed by atoms with Gasteiger partial charge in [-0.1, -0.05) is 12.1 Å². The van der Waals surface area contributed by atoms with Crippen molar-refractivity contribution in [3.63, 3.8) is 0 Å². The predicted molar refractivity (Wildman–Crippen MR) is 93.0 cm³/mol. The van der Waals surface area contributed by atoms with Gasteiger partial charge < -0.3 is 20.9 Å². The number of anilines is 2. The number of ether oxygens (including phenoxy) is 2. The summed E-state index contributed by atoms with van der Waals surface area (Å²) < 4.78 is 11.5. The first-order chi connectivity index (χ1) is 11.6. The fourth-order valence-electron chi connectivity index (χ4n) is 2.18. The van der Waals surface area contributed by atoms with Gasteiger partial charge in [-0.15, -0.1) is 0 Å². The van der Waals surface area contributed by atoms with E-state index >= 15 is 0 Å². The summed E-state index contributed by atoms with van der Waals surface area (Å²) in [4.78, 5) is 0. The van der Waals surface area contributed by atoms with E-state index in [1.54, 1.807) is 66.7 Å². The molecule has 3 rings (SSSR count). The molecular weight excluding hydrogens is 302 g/mol. The molecule has 0 saturated carbocycles. The van der Waals surface area contributed by atoms with E-state index in [1.165, 1.54) is 0 Å². The van der Waals surface area contributed by atoms with Crippen molar-refractivity contribution in [1.82, 2.24) is 0 Å². The number of nitriles is 1. The van der Waals surface area contributed by atoms with Gasteiger partial charge in [0.15, 0.2) is 0 Å². The van der Waals surface area contributed by atoms with Gasteiger partial charge in [0.25, 0.3) is 0 Å². The molecule has 0 bridgehead atoms. The van der Waals surface area contributed by atoms with Crippen LogP contribution in [0.25, 0.3) is 0 Å². The maximum atomic E-state index is 9.21. The summed E-state index contributed by atoms with van der Waals surface area (Å²) >= 11 is 0. The molecule has 0 aromatic heterocycles. The van der Waals surface area contributed by atoms with Crippen LogP contribution >= 0.6 is 0 Å². The van der Waals surface area contributed by atoms with Crippen LogP contribution < -0.4 is 20.9 Å². The largest absolute Gasteiger partial charge is 0.457 e. The van der Waals surface area contributed by atoms with E-state index in [0.717, 1.165) is 0 Å². The lowest BCUT2D eigenvalue weighted by atomic mass is 10.2. The Hall–Kier alpha value is -3.65. The fraction of sp³-hybridized carbons (Fsp3) is 0. The second-order valence-corrected chi connectivity index (χ2v) is 5.15. The molecule has 3 aromatic rings. The SMILES string of the molecule is N#Cc1cc(Oc2cccc(N)c2)cc(Oc2cccc(N)c2)c1. The Morgan fingerprint density at radius 1 is 0.667 bits per heavy atom. The van der Waals surface area contributed by atoms with Crippen LogP contribution in [-0.4, -0.2) is 0 Å². The van der Waals surface area contributed by atoms with Crippen LogP contribution in [0.3, 0.4) is 0 Å². The summed E-state index contributed by atoms with van der Waals surface area (Å²) in [6.07, 6.45) is 0. The molecule has 5 heteroatoms. The van der Waals surface area contributed by atoms with Gasteiger partial charge in [0.2, 0.25) is 0 Å². The number of rotatable bonds is 4. The quantitative estimate of drug-likeness (QED) is 0.699. The Labute approximate surface area is 139 Å². The average Bonchev–Trinajstić information content (AvgIpc) is 2.54. The van der Waals surface area contributed by atoms with Crippen LogP contribution in [-0.2, 0) is 0 Å². The lowest BCUT2D eigenvalue weighted by molar-refractivity contribution is 0.460. The molecule has 0 fully saturated rings. The van der Waals surface area contributed by atoms with Crippen molar-refractivity contribution in [2.75, 3.05) is 11.5 Å². The van der Waals surface area contributed by atoms with Gasteiger partial charge in [0, 0.05) is 29.6 Å². The minimum Gasteiger partial charge on any atom is -0.457 e. The molecule has 3 aromatic carbocycles. The number of hydrogen-bond acceptors (Lipinski definition) is 5. The molecule has 0 radical (unpaired) electrons. The van der Waals surface area contributed by atoms with Crippen LogP contribution in [0.5, 0.6) is 23.0 Å². The van der Waals surface area contributed by atoms with E-state index in [9.17, 15) is 5.26 Å². The molecule has 0 aliphatic heterocycles. The molecule has 0 heterocycles. The Kier molecular flexibility index (Phi) is 4.21. The zero-order valence-electron chi connectivity index (χ0n) is 12.8. The van der Waals surface area contributed by atoms with Crippen molar-refractivity contribution in [3.8, 4) is 29.1 Å². The van der Waals surface area contributed by atoms with Crippen LogP contribution in [0.1, 0.15) is 5.56 Å². The zero-order valence-corrected chi connectivity index (χ0v) is 12.8. The summed E-state index contributed by atoms with van der Waals surface area (Å²) in [5, 5.41) is 9.21. The highest BCUT2D eigenvalue weighted by Crippen LogP contribution is 2.31. The van der Waals surface area contributed by atoms with Crippen molar-refractivity contribution < 1.29 is 9.47 Å². The van der Waals surface area contributed by atoms with Gasteiger partial charge in [-0.3, -0.25) is 0 Å². The van der Waals surface area contributed by atoms with Crippen LogP contribution in [0.15, 0.2) is 66.7 Å². The Bertz CT molecular complexity index is 851. The first kappa shape index (κ1) is 15.3. The van der Waals surface area contributed by atoms with Crippen molar-refractivity contribution in [2.24, 2.45) is 0 Å². The molecular formula is C19H15N3O2. The number of nitrogens with zero attached hydrogens (tertiary/aromatic N) is 1. The standard InChI is InChI=1S/C19H15N3O2/c20-12-13-7-18(23-16-5-1-3-14(21)9-16)11-19(8-13)24-17-6-2-4-15(22)10-17/h1-11H,21-22H2. The van der Waals surface area contributed by atoms with E-state index in [4.69, 9.17) is 20.9 Å². The molecule has 4 N–H and O–H groups in total. The molecule has 0 aliphatic rings. The highest BCUT2D eigenvalue weighted by Gasteiger charge is 2.06. The first-order valence-electron chi connectivity index (χ1n) is 7.24. The van der Waals surface area contributed by atoms with Crippen LogP contribution in [0, 0.1) is 11.3 Å². The third-order valence-corrected chi connectivity index (χ3v) is 3.20. The molecule has 5 nitrogen and oxygen atoms in total. The summed E-state index contributed by atoms with van der Waals surface area (Å²) in [5.41, 5.74) is 13.1. The van der Waals surface area contributed by atoms with E-state index in [-0.39, 0.29) is 0 Å². The molecule has 0 aliphatic carbocycles. The first-order valence-corrected chi connectivity index (χ1v) is 7.24. The molecule has 0 unspecified atom stereocenters. The maximum Gasteiger partial charge on any atom is 0.132 e.